The molecule has 1 atom stereocenters. The molecule has 106 valence electrons. The molecule has 2 N–H and O–H groups in total. The Kier molecular flexibility index (Phi) is 6.05. The molecule has 0 aromatic carbocycles. The number of aromatic nitrogens is 1. The quantitative estimate of drug-likeness (QED) is 0.752. The van der Waals surface area contributed by atoms with Crippen LogP contribution in [0.4, 0.5) is 0 Å². The number of carboxylic acids is 1. The van der Waals surface area contributed by atoms with Gasteiger partial charge in [0, 0.05) is 13.0 Å². The highest BCUT2D eigenvalue weighted by atomic mass is 16.4. The molecule has 6 heteroatoms. The summed E-state index contributed by atoms with van der Waals surface area (Å²) in [5.41, 5.74) is 0.565. The predicted molar refractivity (Wildman–Crippen MR) is 68.8 cm³/mol. The highest BCUT2D eigenvalue weighted by Gasteiger charge is 2.14. The van der Waals surface area contributed by atoms with Crippen LogP contribution in [-0.2, 0) is 4.79 Å². The normalized spacial score (nSPS) is 12.1. The standard InChI is InChI=1S/C13H20N2O4/c1-3-10(4-5-11(16)17)6-7-14-13(18)12-9(2)15-8-19-12/h8,10H,3-7H2,1-2H3,(H,14,18)(H,16,17). The molecule has 1 aromatic rings. The summed E-state index contributed by atoms with van der Waals surface area (Å²) in [6.07, 6.45) is 3.73. The first-order valence-corrected chi connectivity index (χ1v) is 6.44. The van der Waals surface area contributed by atoms with E-state index in [-0.39, 0.29) is 18.1 Å². The molecule has 0 saturated heterocycles. The summed E-state index contributed by atoms with van der Waals surface area (Å²) < 4.78 is 4.99. The predicted octanol–water partition coefficient (Wildman–Crippen LogP) is 1.99. The summed E-state index contributed by atoms with van der Waals surface area (Å²) in [4.78, 5) is 26.1. The summed E-state index contributed by atoms with van der Waals surface area (Å²) >= 11 is 0. The molecular weight excluding hydrogens is 248 g/mol. The van der Waals surface area contributed by atoms with Crippen molar-refractivity contribution < 1.29 is 19.1 Å². The van der Waals surface area contributed by atoms with E-state index in [9.17, 15) is 9.59 Å². The highest BCUT2D eigenvalue weighted by molar-refractivity contribution is 5.92. The fraction of sp³-hybridized carbons (Fsp3) is 0.615. The lowest BCUT2D eigenvalue weighted by atomic mass is 9.96. The van der Waals surface area contributed by atoms with E-state index in [1.165, 1.54) is 6.39 Å². The van der Waals surface area contributed by atoms with E-state index in [4.69, 9.17) is 9.52 Å². The van der Waals surface area contributed by atoms with Crippen molar-refractivity contribution in [3.8, 4) is 0 Å². The number of amides is 1. The molecular formula is C13H20N2O4. The number of nitrogens with one attached hydrogen (secondary N) is 1. The number of carbonyl (C=O) groups excluding carboxylic acids is 1. The molecule has 1 heterocycles. The SMILES string of the molecule is CCC(CCNC(=O)c1ocnc1C)CCC(=O)O. The van der Waals surface area contributed by atoms with Gasteiger partial charge in [-0.15, -0.1) is 0 Å². The zero-order valence-corrected chi connectivity index (χ0v) is 11.3. The Balaban J connectivity index is 2.30. The van der Waals surface area contributed by atoms with E-state index in [0.717, 1.165) is 12.8 Å². The van der Waals surface area contributed by atoms with Crippen molar-refractivity contribution in [2.75, 3.05) is 6.54 Å². The molecule has 1 rings (SSSR count). The van der Waals surface area contributed by atoms with Gasteiger partial charge in [-0.05, 0) is 25.7 Å². The molecule has 0 fully saturated rings. The topological polar surface area (TPSA) is 92.4 Å². The average Bonchev–Trinajstić information content (AvgIpc) is 2.79. The molecule has 1 aromatic heterocycles. The average molecular weight is 268 g/mol. The van der Waals surface area contributed by atoms with Crippen LogP contribution in [0.5, 0.6) is 0 Å². The van der Waals surface area contributed by atoms with E-state index in [1.807, 2.05) is 6.92 Å². The minimum Gasteiger partial charge on any atom is -0.481 e. The fourth-order valence-corrected chi connectivity index (χ4v) is 1.87. The molecule has 0 saturated carbocycles. The van der Waals surface area contributed by atoms with Crippen molar-refractivity contribution in [3.05, 3.63) is 17.8 Å². The number of aryl methyl sites for hydroxylation is 1. The third-order valence-corrected chi connectivity index (χ3v) is 3.13. The van der Waals surface area contributed by atoms with Gasteiger partial charge < -0.3 is 14.8 Å². The second-order valence-electron chi connectivity index (χ2n) is 4.52. The van der Waals surface area contributed by atoms with Crippen LogP contribution in [0.3, 0.4) is 0 Å². The first-order valence-electron chi connectivity index (χ1n) is 6.44. The van der Waals surface area contributed by atoms with Crippen molar-refractivity contribution >= 4 is 11.9 Å². The van der Waals surface area contributed by atoms with E-state index < -0.39 is 5.97 Å². The van der Waals surface area contributed by atoms with Gasteiger partial charge in [-0.3, -0.25) is 9.59 Å². The Morgan fingerprint density at radius 2 is 2.21 bits per heavy atom. The third kappa shape index (κ3) is 5.11. The van der Waals surface area contributed by atoms with Crippen LogP contribution in [0, 0.1) is 12.8 Å². The first-order chi connectivity index (χ1) is 9.04. The lowest BCUT2D eigenvalue weighted by Crippen LogP contribution is -2.26. The maximum absolute atomic E-state index is 11.7. The fourth-order valence-electron chi connectivity index (χ4n) is 1.87. The van der Waals surface area contributed by atoms with E-state index in [0.29, 0.717) is 24.6 Å². The van der Waals surface area contributed by atoms with Crippen LogP contribution in [0.2, 0.25) is 0 Å². The van der Waals surface area contributed by atoms with Crippen molar-refractivity contribution in [3.63, 3.8) is 0 Å². The second-order valence-corrected chi connectivity index (χ2v) is 4.52. The van der Waals surface area contributed by atoms with Gasteiger partial charge >= 0.3 is 5.97 Å². The zero-order valence-electron chi connectivity index (χ0n) is 11.3. The van der Waals surface area contributed by atoms with Crippen LogP contribution in [0.25, 0.3) is 0 Å². The summed E-state index contributed by atoms with van der Waals surface area (Å²) in [5, 5.41) is 11.4. The smallest absolute Gasteiger partial charge is 0.303 e. The van der Waals surface area contributed by atoms with Gasteiger partial charge in [-0.2, -0.15) is 0 Å². The molecule has 0 aliphatic rings. The molecule has 0 radical (unpaired) electrons. The number of nitrogens with zero attached hydrogens (tertiary/aromatic N) is 1. The van der Waals surface area contributed by atoms with Crippen molar-refractivity contribution in [1.29, 1.82) is 0 Å². The largest absolute Gasteiger partial charge is 0.481 e. The van der Waals surface area contributed by atoms with E-state index in [1.54, 1.807) is 6.92 Å². The van der Waals surface area contributed by atoms with Crippen LogP contribution in [0.15, 0.2) is 10.8 Å². The Labute approximate surface area is 112 Å². The summed E-state index contributed by atoms with van der Waals surface area (Å²) in [7, 11) is 0. The van der Waals surface area contributed by atoms with E-state index >= 15 is 0 Å². The minimum atomic E-state index is -0.778. The zero-order chi connectivity index (χ0) is 14.3. The van der Waals surface area contributed by atoms with Crippen LogP contribution >= 0.6 is 0 Å². The van der Waals surface area contributed by atoms with Crippen molar-refractivity contribution in [1.82, 2.24) is 10.3 Å². The van der Waals surface area contributed by atoms with E-state index in [2.05, 4.69) is 10.3 Å². The molecule has 1 unspecified atom stereocenters. The number of carboxylic acid groups (broad SMARTS) is 1. The molecule has 6 nitrogen and oxygen atoms in total. The first kappa shape index (κ1) is 15.2. The Morgan fingerprint density at radius 3 is 2.74 bits per heavy atom. The molecule has 0 aliphatic heterocycles. The highest BCUT2D eigenvalue weighted by Crippen LogP contribution is 2.14. The second kappa shape index (κ2) is 7.56. The van der Waals surface area contributed by atoms with Gasteiger partial charge in [0.05, 0.1) is 5.69 Å². The maximum Gasteiger partial charge on any atom is 0.303 e. The lowest BCUT2D eigenvalue weighted by Gasteiger charge is -2.13. The number of hydrogen-bond acceptors (Lipinski definition) is 4. The van der Waals surface area contributed by atoms with Gasteiger partial charge in [0.1, 0.15) is 0 Å². The third-order valence-electron chi connectivity index (χ3n) is 3.13. The Morgan fingerprint density at radius 1 is 1.47 bits per heavy atom. The molecule has 0 bridgehead atoms. The Bertz CT molecular complexity index is 428. The summed E-state index contributed by atoms with van der Waals surface area (Å²) in [6.45, 7) is 4.24. The number of carbonyl (C=O) groups is 2. The summed E-state index contributed by atoms with van der Waals surface area (Å²) in [6, 6.07) is 0. The number of hydrogen-bond donors (Lipinski definition) is 2. The van der Waals surface area contributed by atoms with Gasteiger partial charge in [-0.25, -0.2) is 4.98 Å². The van der Waals surface area contributed by atoms with Crippen molar-refractivity contribution in [2.45, 2.75) is 39.5 Å². The number of rotatable bonds is 8. The van der Waals surface area contributed by atoms with Crippen LogP contribution in [0.1, 0.15) is 48.9 Å². The molecule has 1 amide bonds. The lowest BCUT2D eigenvalue weighted by molar-refractivity contribution is -0.137. The minimum absolute atomic E-state index is 0.174. The molecule has 0 aliphatic carbocycles. The monoisotopic (exact) mass is 268 g/mol. The molecule has 0 spiro atoms. The van der Waals surface area contributed by atoms with Crippen molar-refractivity contribution in [2.24, 2.45) is 5.92 Å². The Hall–Kier alpha value is -1.85. The number of aliphatic carboxylic acids is 1. The maximum atomic E-state index is 11.7. The number of oxazole rings is 1. The van der Waals surface area contributed by atoms with Crippen LogP contribution < -0.4 is 5.32 Å². The molecule has 19 heavy (non-hydrogen) atoms. The summed E-state index contributed by atoms with van der Waals surface area (Å²) in [5.74, 6) is -0.506. The van der Waals surface area contributed by atoms with Gasteiger partial charge in [0.2, 0.25) is 5.76 Å². The van der Waals surface area contributed by atoms with Gasteiger partial charge in [0.25, 0.3) is 5.91 Å². The van der Waals surface area contributed by atoms with Gasteiger partial charge in [-0.1, -0.05) is 13.3 Å². The van der Waals surface area contributed by atoms with Crippen LogP contribution in [-0.4, -0.2) is 28.5 Å². The van der Waals surface area contributed by atoms with Gasteiger partial charge in [0.15, 0.2) is 6.39 Å².